The molecule has 0 saturated heterocycles. The maximum absolute atomic E-state index is 8.92. The topological polar surface area (TPSA) is 41.5 Å². The minimum Gasteiger partial charge on any atom is -0.396 e. The van der Waals surface area contributed by atoms with Gasteiger partial charge in [-0.25, -0.2) is 0 Å². The van der Waals surface area contributed by atoms with Gasteiger partial charge in [-0.05, 0) is 32.6 Å². The molecule has 0 aromatic rings. The van der Waals surface area contributed by atoms with Crippen LogP contribution >= 0.6 is 0 Å². The van der Waals surface area contributed by atoms with E-state index >= 15 is 0 Å². The molecule has 1 aliphatic carbocycles. The van der Waals surface area contributed by atoms with Crippen molar-refractivity contribution < 1.29 is 9.84 Å². The first-order valence-electron chi connectivity index (χ1n) is 6.54. The van der Waals surface area contributed by atoms with Gasteiger partial charge in [-0.3, -0.25) is 0 Å². The molecule has 0 spiro atoms. The fourth-order valence-corrected chi connectivity index (χ4v) is 3.13. The second-order valence-corrected chi connectivity index (χ2v) is 5.03. The number of aliphatic hydroxyl groups excluding tert-OH is 1. The molecule has 0 bridgehead atoms. The van der Waals surface area contributed by atoms with E-state index in [0.29, 0.717) is 23.6 Å². The SMILES string of the molecule is CCC1(CC)C(NC(C)CCO)CC1OC. The van der Waals surface area contributed by atoms with Crippen molar-refractivity contribution in [1.82, 2.24) is 5.32 Å². The van der Waals surface area contributed by atoms with Gasteiger partial charge in [0, 0.05) is 31.2 Å². The third-order valence-corrected chi connectivity index (χ3v) is 4.43. The Balaban J connectivity index is 2.55. The van der Waals surface area contributed by atoms with E-state index in [9.17, 15) is 0 Å². The molecular weight excluding hydrogens is 202 g/mol. The van der Waals surface area contributed by atoms with Crippen molar-refractivity contribution in [3.8, 4) is 0 Å². The van der Waals surface area contributed by atoms with E-state index in [1.165, 1.54) is 0 Å². The zero-order valence-electron chi connectivity index (χ0n) is 11.1. The molecule has 0 heterocycles. The fraction of sp³-hybridized carbons (Fsp3) is 1.00. The largest absolute Gasteiger partial charge is 0.396 e. The Morgan fingerprint density at radius 2 is 2.06 bits per heavy atom. The smallest absolute Gasteiger partial charge is 0.0657 e. The highest BCUT2D eigenvalue weighted by molar-refractivity contribution is 5.07. The third-order valence-electron chi connectivity index (χ3n) is 4.43. The number of rotatable bonds is 7. The van der Waals surface area contributed by atoms with Crippen molar-refractivity contribution in [3.05, 3.63) is 0 Å². The van der Waals surface area contributed by atoms with Crippen LogP contribution in [0.5, 0.6) is 0 Å². The minimum atomic E-state index is 0.264. The first-order valence-corrected chi connectivity index (χ1v) is 6.54. The first kappa shape index (κ1) is 13.9. The summed E-state index contributed by atoms with van der Waals surface area (Å²) in [5.74, 6) is 0. The highest BCUT2D eigenvalue weighted by Gasteiger charge is 2.52. The molecule has 0 aromatic carbocycles. The van der Waals surface area contributed by atoms with Crippen LogP contribution < -0.4 is 5.32 Å². The quantitative estimate of drug-likeness (QED) is 0.701. The van der Waals surface area contributed by atoms with Crippen LogP contribution in [-0.2, 0) is 4.74 Å². The molecule has 3 unspecified atom stereocenters. The van der Waals surface area contributed by atoms with Crippen LogP contribution in [-0.4, -0.2) is 37.0 Å². The Hall–Kier alpha value is -0.120. The first-order chi connectivity index (χ1) is 7.64. The molecule has 1 saturated carbocycles. The van der Waals surface area contributed by atoms with Gasteiger partial charge in [-0.15, -0.1) is 0 Å². The number of ether oxygens (including phenoxy) is 1. The van der Waals surface area contributed by atoms with Crippen LogP contribution in [0, 0.1) is 5.41 Å². The molecule has 1 fully saturated rings. The summed E-state index contributed by atoms with van der Waals surface area (Å²) >= 11 is 0. The van der Waals surface area contributed by atoms with Crippen molar-refractivity contribution in [2.45, 2.75) is 64.6 Å². The third kappa shape index (κ3) is 2.41. The van der Waals surface area contributed by atoms with Crippen molar-refractivity contribution in [1.29, 1.82) is 0 Å². The van der Waals surface area contributed by atoms with E-state index < -0.39 is 0 Å². The van der Waals surface area contributed by atoms with Crippen molar-refractivity contribution >= 4 is 0 Å². The molecular formula is C13H27NO2. The van der Waals surface area contributed by atoms with Gasteiger partial charge in [-0.2, -0.15) is 0 Å². The standard InChI is InChI=1S/C13H27NO2/c1-5-13(6-2)11(9-12(13)16-4)14-10(3)7-8-15/h10-12,14-15H,5-9H2,1-4H3. The van der Waals surface area contributed by atoms with E-state index in [0.717, 1.165) is 25.7 Å². The summed E-state index contributed by atoms with van der Waals surface area (Å²) in [7, 11) is 1.82. The van der Waals surface area contributed by atoms with Crippen LogP contribution in [0.1, 0.15) is 46.5 Å². The molecule has 3 heteroatoms. The molecule has 16 heavy (non-hydrogen) atoms. The predicted octanol–water partition coefficient (Wildman–Crippen LogP) is 1.94. The van der Waals surface area contributed by atoms with Gasteiger partial charge in [0.05, 0.1) is 6.10 Å². The Morgan fingerprint density at radius 1 is 1.44 bits per heavy atom. The summed E-state index contributed by atoms with van der Waals surface area (Å²) in [6.45, 7) is 6.91. The Morgan fingerprint density at radius 3 is 2.50 bits per heavy atom. The molecule has 0 aromatic heterocycles. The Kier molecular flexibility index (Phi) is 5.22. The lowest BCUT2D eigenvalue weighted by Crippen LogP contribution is -2.64. The normalized spacial score (nSPS) is 29.8. The van der Waals surface area contributed by atoms with E-state index in [1.807, 2.05) is 7.11 Å². The summed E-state index contributed by atoms with van der Waals surface area (Å²) in [4.78, 5) is 0. The zero-order valence-corrected chi connectivity index (χ0v) is 11.1. The van der Waals surface area contributed by atoms with Crippen LogP contribution in [0.3, 0.4) is 0 Å². The highest BCUT2D eigenvalue weighted by Crippen LogP contribution is 2.48. The van der Waals surface area contributed by atoms with Gasteiger partial charge in [0.2, 0.25) is 0 Å². The Labute approximate surface area is 99.6 Å². The van der Waals surface area contributed by atoms with Crippen molar-refractivity contribution in [2.24, 2.45) is 5.41 Å². The summed E-state index contributed by atoms with van der Waals surface area (Å²) in [5.41, 5.74) is 0.304. The average molecular weight is 229 g/mol. The maximum Gasteiger partial charge on any atom is 0.0657 e. The molecule has 3 atom stereocenters. The zero-order chi connectivity index (χ0) is 12.2. The lowest BCUT2D eigenvalue weighted by Gasteiger charge is -2.56. The highest BCUT2D eigenvalue weighted by atomic mass is 16.5. The maximum atomic E-state index is 8.92. The number of hydrogen-bond acceptors (Lipinski definition) is 3. The van der Waals surface area contributed by atoms with E-state index in [4.69, 9.17) is 9.84 Å². The molecule has 0 aliphatic heterocycles. The van der Waals surface area contributed by atoms with E-state index in [2.05, 4.69) is 26.1 Å². The van der Waals surface area contributed by atoms with Gasteiger partial charge in [0.25, 0.3) is 0 Å². The monoisotopic (exact) mass is 229 g/mol. The second-order valence-electron chi connectivity index (χ2n) is 5.03. The van der Waals surface area contributed by atoms with Gasteiger partial charge in [0.15, 0.2) is 0 Å². The van der Waals surface area contributed by atoms with Crippen LogP contribution in [0.2, 0.25) is 0 Å². The number of nitrogens with one attached hydrogen (secondary N) is 1. The number of methoxy groups -OCH3 is 1. The Bertz CT molecular complexity index is 204. The molecule has 1 rings (SSSR count). The summed E-state index contributed by atoms with van der Waals surface area (Å²) < 4.78 is 5.57. The van der Waals surface area contributed by atoms with Crippen LogP contribution in [0.15, 0.2) is 0 Å². The lowest BCUT2D eigenvalue weighted by molar-refractivity contribution is -0.126. The molecule has 1 aliphatic rings. The van der Waals surface area contributed by atoms with E-state index in [1.54, 1.807) is 0 Å². The summed E-state index contributed by atoms with van der Waals surface area (Å²) in [6, 6.07) is 0.944. The number of aliphatic hydroxyl groups is 1. The van der Waals surface area contributed by atoms with E-state index in [-0.39, 0.29) is 6.61 Å². The molecule has 0 amide bonds. The van der Waals surface area contributed by atoms with Gasteiger partial charge in [0.1, 0.15) is 0 Å². The fourth-order valence-electron chi connectivity index (χ4n) is 3.13. The molecule has 3 nitrogen and oxygen atoms in total. The summed E-state index contributed by atoms with van der Waals surface area (Å²) in [6.07, 6.45) is 4.66. The van der Waals surface area contributed by atoms with Crippen molar-refractivity contribution in [2.75, 3.05) is 13.7 Å². The average Bonchev–Trinajstić information content (AvgIpc) is 2.26. The lowest BCUT2D eigenvalue weighted by atomic mass is 9.58. The second kappa shape index (κ2) is 5.99. The number of hydrogen-bond donors (Lipinski definition) is 2. The summed E-state index contributed by atoms with van der Waals surface area (Å²) in [5, 5.41) is 12.6. The van der Waals surface area contributed by atoms with Crippen LogP contribution in [0.4, 0.5) is 0 Å². The van der Waals surface area contributed by atoms with Crippen molar-refractivity contribution in [3.63, 3.8) is 0 Å². The molecule has 0 radical (unpaired) electrons. The van der Waals surface area contributed by atoms with Gasteiger partial charge < -0.3 is 15.2 Å². The molecule has 2 N–H and O–H groups in total. The minimum absolute atomic E-state index is 0.264. The molecule has 96 valence electrons. The van der Waals surface area contributed by atoms with Gasteiger partial charge in [-0.1, -0.05) is 13.8 Å². The van der Waals surface area contributed by atoms with Gasteiger partial charge >= 0.3 is 0 Å². The predicted molar refractivity (Wildman–Crippen MR) is 66.5 cm³/mol. The van der Waals surface area contributed by atoms with Crippen LogP contribution in [0.25, 0.3) is 0 Å².